The molecule has 0 bridgehead atoms. The summed E-state index contributed by atoms with van der Waals surface area (Å²) in [5, 5.41) is 3.37. The van der Waals surface area contributed by atoms with Gasteiger partial charge in [0.25, 0.3) is 5.91 Å². The van der Waals surface area contributed by atoms with Gasteiger partial charge in [-0.1, -0.05) is 31.5 Å². The SMILES string of the molecule is Cc1cnc2c(CC(C)(C)[Si](C)(C)O)c(C(=O)NC(C)(C)c3ccc(F)c(Cl)c3)nc(Br)c2c1. The van der Waals surface area contributed by atoms with Crippen LogP contribution in [0.1, 0.15) is 54.9 Å². The van der Waals surface area contributed by atoms with Crippen LogP contribution in [0.25, 0.3) is 10.9 Å². The van der Waals surface area contributed by atoms with Gasteiger partial charge in [0.05, 0.1) is 16.1 Å². The fraction of sp³-hybridized carbons (Fsp3) is 0.400. The van der Waals surface area contributed by atoms with Crippen molar-refractivity contribution in [1.29, 1.82) is 0 Å². The summed E-state index contributed by atoms with van der Waals surface area (Å²) in [5.74, 6) is -0.909. The molecule has 2 N–H and O–H groups in total. The lowest BCUT2D eigenvalue weighted by Crippen LogP contribution is -2.43. The third kappa shape index (κ3) is 5.35. The Hall–Kier alpha value is -1.87. The lowest BCUT2D eigenvalue weighted by molar-refractivity contribution is 0.0905. The van der Waals surface area contributed by atoms with Crippen molar-refractivity contribution in [2.75, 3.05) is 0 Å². The number of pyridine rings is 2. The molecule has 0 spiro atoms. The number of aryl methyl sites for hydroxylation is 1. The molecular formula is C25H30BrClFN3O2Si. The van der Waals surface area contributed by atoms with Crippen molar-refractivity contribution in [3.8, 4) is 0 Å². The number of benzene rings is 1. The van der Waals surface area contributed by atoms with Crippen LogP contribution in [-0.2, 0) is 12.0 Å². The van der Waals surface area contributed by atoms with Crippen molar-refractivity contribution >= 4 is 52.7 Å². The van der Waals surface area contributed by atoms with Gasteiger partial charge in [-0.25, -0.2) is 9.37 Å². The molecule has 2 heterocycles. The summed E-state index contributed by atoms with van der Waals surface area (Å²) in [6.45, 7) is 13.4. The fourth-order valence-electron chi connectivity index (χ4n) is 3.62. The monoisotopic (exact) mass is 565 g/mol. The molecule has 0 aliphatic rings. The van der Waals surface area contributed by atoms with E-state index in [2.05, 4.69) is 31.2 Å². The van der Waals surface area contributed by atoms with Crippen LogP contribution in [0.4, 0.5) is 4.39 Å². The highest BCUT2D eigenvalue weighted by atomic mass is 79.9. The number of amides is 1. The van der Waals surface area contributed by atoms with Gasteiger partial charge in [-0.05, 0) is 90.6 Å². The van der Waals surface area contributed by atoms with Crippen LogP contribution in [0.15, 0.2) is 35.1 Å². The van der Waals surface area contributed by atoms with E-state index in [9.17, 15) is 14.0 Å². The molecular weight excluding hydrogens is 537 g/mol. The lowest BCUT2D eigenvalue weighted by atomic mass is 9.93. The van der Waals surface area contributed by atoms with Gasteiger partial charge in [0, 0.05) is 17.1 Å². The predicted octanol–water partition coefficient (Wildman–Crippen LogP) is 6.68. The second-order valence-corrected chi connectivity index (χ2v) is 16.1. The number of nitrogens with zero attached hydrogens (tertiary/aromatic N) is 2. The minimum absolute atomic E-state index is 0.0106. The summed E-state index contributed by atoms with van der Waals surface area (Å²) in [6, 6.07) is 6.36. The normalized spacial score (nSPS) is 12.8. The molecule has 0 unspecified atom stereocenters. The third-order valence-electron chi connectivity index (χ3n) is 6.59. The molecule has 1 aromatic carbocycles. The van der Waals surface area contributed by atoms with Crippen LogP contribution >= 0.6 is 27.5 Å². The first-order valence-electron chi connectivity index (χ1n) is 11.0. The quantitative estimate of drug-likeness (QED) is 0.258. The molecule has 9 heteroatoms. The Bertz CT molecular complexity index is 1280. The first-order chi connectivity index (χ1) is 15.5. The summed E-state index contributed by atoms with van der Waals surface area (Å²) >= 11 is 9.49. The van der Waals surface area contributed by atoms with Crippen LogP contribution in [-0.4, -0.2) is 29.0 Å². The van der Waals surface area contributed by atoms with E-state index in [1.807, 2.05) is 53.8 Å². The number of hydrogen-bond acceptors (Lipinski definition) is 4. The number of aromatic nitrogens is 2. The van der Waals surface area contributed by atoms with E-state index >= 15 is 0 Å². The van der Waals surface area contributed by atoms with E-state index in [1.54, 1.807) is 12.3 Å². The van der Waals surface area contributed by atoms with E-state index in [-0.39, 0.29) is 10.7 Å². The summed E-state index contributed by atoms with van der Waals surface area (Å²) in [5.41, 5.74) is 2.38. The molecule has 3 aromatic rings. The topological polar surface area (TPSA) is 75.1 Å². The molecule has 0 saturated heterocycles. The Morgan fingerprint density at radius 2 is 1.88 bits per heavy atom. The molecule has 3 rings (SSSR count). The Labute approximate surface area is 214 Å². The highest BCUT2D eigenvalue weighted by Gasteiger charge is 2.40. The molecule has 0 aliphatic carbocycles. The van der Waals surface area contributed by atoms with Crippen molar-refractivity contribution in [2.45, 2.75) is 64.7 Å². The van der Waals surface area contributed by atoms with Crippen LogP contribution in [0.3, 0.4) is 0 Å². The molecule has 0 atom stereocenters. The average Bonchev–Trinajstić information content (AvgIpc) is 2.70. The average molecular weight is 567 g/mol. The highest BCUT2D eigenvalue weighted by molar-refractivity contribution is 9.10. The van der Waals surface area contributed by atoms with Gasteiger partial charge >= 0.3 is 0 Å². The molecule has 2 aromatic heterocycles. The zero-order valence-corrected chi connectivity index (χ0v) is 23.8. The van der Waals surface area contributed by atoms with Crippen LogP contribution < -0.4 is 5.32 Å². The molecule has 0 aliphatic heterocycles. The van der Waals surface area contributed by atoms with E-state index in [0.717, 1.165) is 10.9 Å². The standard InChI is InChI=1S/C25H30BrClFN3O2Si/c1-14-10-16-20(29-13-14)17(12-24(2,3)34(6,7)33)21(30-22(16)26)23(32)31-25(4,5)15-8-9-19(28)18(27)11-15/h8-11,13,33H,12H2,1-7H3,(H,31,32). The van der Waals surface area contributed by atoms with Gasteiger partial charge in [0.2, 0.25) is 0 Å². The van der Waals surface area contributed by atoms with Gasteiger partial charge in [-0.3, -0.25) is 9.78 Å². The lowest BCUT2D eigenvalue weighted by Gasteiger charge is -2.36. The first-order valence-corrected chi connectivity index (χ1v) is 15.1. The zero-order valence-electron chi connectivity index (χ0n) is 20.5. The van der Waals surface area contributed by atoms with E-state index in [1.165, 1.54) is 12.1 Å². The van der Waals surface area contributed by atoms with E-state index < -0.39 is 30.6 Å². The maximum Gasteiger partial charge on any atom is 0.270 e. The fourth-order valence-corrected chi connectivity index (χ4v) is 4.89. The number of rotatable bonds is 6. The molecule has 34 heavy (non-hydrogen) atoms. The molecule has 0 saturated carbocycles. The maximum atomic E-state index is 13.7. The van der Waals surface area contributed by atoms with Gasteiger partial charge in [0.15, 0.2) is 8.32 Å². The number of halogens is 3. The number of fused-ring (bicyclic) bond motifs is 1. The van der Waals surface area contributed by atoms with Crippen molar-refractivity contribution in [2.24, 2.45) is 0 Å². The van der Waals surface area contributed by atoms with E-state index in [0.29, 0.717) is 27.7 Å². The second-order valence-electron chi connectivity index (χ2n) is 10.5. The van der Waals surface area contributed by atoms with E-state index in [4.69, 9.17) is 11.6 Å². The molecule has 0 fully saturated rings. The maximum absolute atomic E-state index is 13.7. The van der Waals surface area contributed by atoms with Gasteiger partial charge in [-0.2, -0.15) is 0 Å². The van der Waals surface area contributed by atoms with Crippen LogP contribution in [0, 0.1) is 12.7 Å². The predicted molar refractivity (Wildman–Crippen MR) is 141 cm³/mol. The Kier molecular flexibility index (Phi) is 7.31. The zero-order chi connectivity index (χ0) is 25.6. The van der Waals surface area contributed by atoms with Crippen molar-refractivity contribution in [3.63, 3.8) is 0 Å². The number of nitrogens with one attached hydrogen (secondary N) is 1. The smallest absolute Gasteiger partial charge is 0.270 e. The molecule has 5 nitrogen and oxygen atoms in total. The van der Waals surface area contributed by atoms with Gasteiger partial charge in [0.1, 0.15) is 16.1 Å². The summed E-state index contributed by atoms with van der Waals surface area (Å²) in [4.78, 5) is 33.8. The Balaban J connectivity index is 2.14. The molecule has 182 valence electrons. The van der Waals surface area contributed by atoms with Crippen molar-refractivity contribution in [1.82, 2.24) is 15.3 Å². The Morgan fingerprint density at radius 1 is 1.24 bits per heavy atom. The largest absolute Gasteiger partial charge is 0.432 e. The Morgan fingerprint density at radius 3 is 2.47 bits per heavy atom. The number of hydrogen-bond donors (Lipinski definition) is 2. The highest BCUT2D eigenvalue weighted by Crippen LogP contribution is 2.41. The van der Waals surface area contributed by atoms with Crippen LogP contribution in [0.5, 0.6) is 0 Å². The van der Waals surface area contributed by atoms with Gasteiger partial charge in [-0.15, -0.1) is 0 Å². The minimum atomic E-state index is -2.60. The minimum Gasteiger partial charge on any atom is -0.432 e. The third-order valence-corrected chi connectivity index (χ3v) is 11.0. The van der Waals surface area contributed by atoms with Crippen LogP contribution in [0.2, 0.25) is 23.2 Å². The molecule has 1 amide bonds. The number of carbonyl (C=O) groups excluding carboxylic acids is 1. The summed E-state index contributed by atoms with van der Waals surface area (Å²) < 4.78 is 14.2. The first kappa shape index (κ1) is 26.7. The van der Waals surface area contributed by atoms with Crippen molar-refractivity contribution < 1.29 is 14.0 Å². The van der Waals surface area contributed by atoms with Crippen molar-refractivity contribution in [3.05, 3.63) is 68.3 Å². The summed E-state index contributed by atoms with van der Waals surface area (Å²) in [6.07, 6.45) is 2.19. The second kappa shape index (κ2) is 9.30. The summed E-state index contributed by atoms with van der Waals surface area (Å²) in [7, 11) is -2.60. The molecule has 0 radical (unpaired) electrons. The van der Waals surface area contributed by atoms with Gasteiger partial charge < -0.3 is 10.1 Å². The number of carbonyl (C=O) groups is 1.